The molecule has 0 aliphatic carbocycles. The summed E-state index contributed by atoms with van der Waals surface area (Å²) in [4.78, 5) is 24.8. The maximum Gasteiger partial charge on any atom is 0.309 e. The third-order valence-corrected chi connectivity index (χ3v) is 4.06. The molecule has 1 N–H and O–H groups in total. The van der Waals surface area contributed by atoms with Crippen molar-refractivity contribution in [2.75, 3.05) is 13.1 Å². The van der Waals surface area contributed by atoms with E-state index in [0.29, 0.717) is 31.0 Å². The molecular formula is C14H15ClFNO3. The van der Waals surface area contributed by atoms with Crippen LogP contribution in [0.4, 0.5) is 4.39 Å². The molecule has 0 spiro atoms. The molecule has 6 heteroatoms. The Bertz CT molecular complexity index is 553. The summed E-state index contributed by atoms with van der Waals surface area (Å²) in [7, 11) is 0. The summed E-state index contributed by atoms with van der Waals surface area (Å²) < 4.78 is 13.7. The Hall–Kier alpha value is -1.62. The molecule has 0 bridgehead atoms. The number of carbonyl (C=O) groups excluding carboxylic acids is 1. The van der Waals surface area contributed by atoms with E-state index in [9.17, 15) is 14.0 Å². The van der Waals surface area contributed by atoms with Gasteiger partial charge >= 0.3 is 5.97 Å². The second kappa shape index (κ2) is 5.40. The molecule has 1 aromatic rings. The van der Waals surface area contributed by atoms with Gasteiger partial charge in [-0.3, -0.25) is 9.59 Å². The molecule has 0 aromatic heterocycles. The first-order valence-electron chi connectivity index (χ1n) is 6.31. The molecule has 20 heavy (non-hydrogen) atoms. The van der Waals surface area contributed by atoms with Crippen molar-refractivity contribution in [1.82, 2.24) is 4.90 Å². The summed E-state index contributed by atoms with van der Waals surface area (Å²) in [6, 6.07) is 3.83. The third-order valence-electron chi connectivity index (χ3n) is 3.83. The monoisotopic (exact) mass is 299 g/mol. The first-order chi connectivity index (χ1) is 9.33. The number of carboxylic acids is 1. The highest BCUT2D eigenvalue weighted by Gasteiger charge is 2.38. The average molecular weight is 300 g/mol. The van der Waals surface area contributed by atoms with Gasteiger partial charge in [0.15, 0.2) is 0 Å². The van der Waals surface area contributed by atoms with Gasteiger partial charge < -0.3 is 10.0 Å². The smallest absolute Gasteiger partial charge is 0.309 e. The standard InChI is InChI=1S/C14H15ClFNO3/c1-14(13(19)20)4-6-17(7-5-14)12(18)10-8-9(15)2-3-11(10)16/h2-3,8H,4-7H2,1H3,(H,19,20). The molecule has 1 aromatic carbocycles. The van der Waals surface area contributed by atoms with Gasteiger partial charge in [-0.25, -0.2) is 4.39 Å². The highest BCUT2D eigenvalue weighted by Crippen LogP contribution is 2.32. The lowest BCUT2D eigenvalue weighted by Crippen LogP contribution is -2.45. The molecule has 1 amide bonds. The van der Waals surface area contributed by atoms with Crippen LogP contribution >= 0.6 is 11.6 Å². The maximum atomic E-state index is 13.7. The molecule has 1 fully saturated rings. The van der Waals surface area contributed by atoms with E-state index in [-0.39, 0.29) is 5.56 Å². The average Bonchev–Trinajstić information content (AvgIpc) is 2.41. The lowest BCUT2D eigenvalue weighted by molar-refractivity contribution is -0.150. The minimum atomic E-state index is -0.862. The largest absolute Gasteiger partial charge is 0.481 e. The number of rotatable bonds is 2. The summed E-state index contributed by atoms with van der Waals surface area (Å²) in [5.74, 6) is -1.93. The second-order valence-corrected chi connectivity index (χ2v) is 5.72. The Kier molecular flexibility index (Phi) is 3.99. The van der Waals surface area contributed by atoms with Crippen molar-refractivity contribution in [2.24, 2.45) is 5.41 Å². The first-order valence-corrected chi connectivity index (χ1v) is 6.69. The van der Waals surface area contributed by atoms with E-state index in [1.807, 2.05) is 0 Å². The van der Waals surface area contributed by atoms with Gasteiger partial charge in [0.25, 0.3) is 5.91 Å². The molecule has 0 atom stereocenters. The van der Waals surface area contributed by atoms with E-state index in [1.54, 1.807) is 6.92 Å². The molecule has 2 rings (SSSR count). The van der Waals surface area contributed by atoms with Crippen LogP contribution in [-0.4, -0.2) is 35.0 Å². The third kappa shape index (κ3) is 2.77. The van der Waals surface area contributed by atoms with Gasteiger partial charge in [-0.1, -0.05) is 11.6 Å². The fourth-order valence-electron chi connectivity index (χ4n) is 2.25. The van der Waals surface area contributed by atoms with Gasteiger partial charge in [0, 0.05) is 18.1 Å². The van der Waals surface area contributed by atoms with Gasteiger partial charge in [-0.2, -0.15) is 0 Å². The molecule has 1 heterocycles. The van der Waals surface area contributed by atoms with Gasteiger partial charge in [-0.05, 0) is 38.0 Å². The fraction of sp³-hybridized carbons (Fsp3) is 0.429. The molecule has 1 aliphatic rings. The van der Waals surface area contributed by atoms with Crippen molar-refractivity contribution < 1.29 is 19.1 Å². The van der Waals surface area contributed by atoms with Crippen LogP contribution in [0, 0.1) is 11.2 Å². The number of likely N-dealkylation sites (tertiary alicyclic amines) is 1. The van der Waals surface area contributed by atoms with Crippen molar-refractivity contribution in [3.63, 3.8) is 0 Å². The molecule has 1 aliphatic heterocycles. The van der Waals surface area contributed by atoms with E-state index < -0.39 is 23.1 Å². The molecule has 4 nitrogen and oxygen atoms in total. The number of hydrogen-bond acceptors (Lipinski definition) is 2. The van der Waals surface area contributed by atoms with Crippen LogP contribution < -0.4 is 0 Å². The zero-order chi connectivity index (χ0) is 14.9. The molecule has 0 saturated carbocycles. The van der Waals surface area contributed by atoms with Crippen molar-refractivity contribution >= 4 is 23.5 Å². The molecule has 1 saturated heterocycles. The zero-order valence-corrected chi connectivity index (χ0v) is 11.8. The van der Waals surface area contributed by atoms with Crippen LogP contribution in [-0.2, 0) is 4.79 Å². The number of carbonyl (C=O) groups is 2. The number of piperidine rings is 1. The first kappa shape index (κ1) is 14.8. The van der Waals surface area contributed by atoms with Gasteiger partial charge in [0.1, 0.15) is 5.82 Å². The number of hydrogen-bond donors (Lipinski definition) is 1. The molecule has 0 unspecified atom stereocenters. The van der Waals surface area contributed by atoms with Crippen molar-refractivity contribution in [3.05, 3.63) is 34.6 Å². The molecular weight excluding hydrogens is 285 g/mol. The highest BCUT2D eigenvalue weighted by molar-refractivity contribution is 6.31. The summed E-state index contributed by atoms with van der Waals surface area (Å²) in [5.41, 5.74) is -0.889. The number of halogens is 2. The van der Waals surface area contributed by atoms with E-state index in [1.165, 1.54) is 17.0 Å². The Morgan fingerprint density at radius 3 is 2.50 bits per heavy atom. The number of nitrogens with zero attached hydrogens (tertiary/aromatic N) is 1. The maximum absolute atomic E-state index is 13.7. The Morgan fingerprint density at radius 2 is 1.95 bits per heavy atom. The molecule has 0 radical (unpaired) electrons. The lowest BCUT2D eigenvalue weighted by atomic mass is 9.80. The zero-order valence-electron chi connectivity index (χ0n) is 11.0. The van der Waals surface area contributed by atoms with Crippen LogP contribution in [0.5, 0.6) is 0 Å². The van der Waals surface area contributed by atoms with E-state index in [4.69, 9.17) is 16.7 Å². The quantitative estimate of drug-likeness (QED) is 0.913. The van der Waals surface area contributed by atoms with Crippen LogP contribution in [0.25, 0.3) is 0 Å². The molecule has 108 valence electrons. The van der Waals surface area contributed by atoms with E-state index in [0.717, 1.165) is 6.07 Å². The summed E-state index contributed by atoms with van der Waals surface area (Å²) in [6.45, 7) is 2.26. The van der Waals surface area contributed by atoms with Crippen molar-refractivity contribution in [1.29, 1.82) is 0 Å². The Labute approximate surface area is 121 Å². The number of aliphatic carboxylic acids is 1. The van der Waals surface area contributed by atoms with Crippen LogP contribution in [0.3, 0.4) is 0 Å². The SMILES string of the molecule is CC1(C(=O)O)CCN(C(=O)c2cc(Cl)ccc2F)CC1. The van der Waals surface area contributed by atoms with Crippen LogP contribution in [0.2, 0.25) is 5.02 Å². The number of benzene rings is 1. The second-order valence-electron chi connectivity index (χ2n) is 5.28. The number of carboxylic acid groups (broad SMARTS) is 1. The van der Waals surface area contributed by atoms with Gasteiger partial charge in [0.05, 0.1) is 11.0 Å². The summed E-state index contributed by atoms with van der Waals surface area (Å²) in [5, 5.41) is 9.43. The minimum Gasteiger partial charge on any atom is -0.481 e. The van der Waals surface area contributed by atoms with Crippen molar-refractivity contribution in [2.45, 2.75) is 19.8 Å². The van der Waals surface area contributed by atoms with Crippen molar-refractivity contribution in [3.8, 4) is 0 Å². The Morgan fingerprint density at radius 1 is 1.35 bits per heavy atom. The lowest BCUT2D eigenvalue weighted by Gasteiger charge is -2.36. The van der Waals surface area contributed by atoms with Crippen LogP contribution in [0.1, 0.15) is 30.1 Å². The van der Waals surface area contributed by atoms with E-state index >= 15 is 0 Å². The number of amides is 1. The minimum absolute atomic E-state index is 0.0728. The predicted molar refractivity (Wildman–Crippen MR) is 72.3 cm³/mol. The van der Waals surface area contributed by atoms with Gasteiger partial charge in [0.2, 0.25) is 0 Å². The summed E-state index contributed by atoms with van der Waals surface area (Å²) in [6.07, 6.45) is 0.715. The topological polar surface area (TPSA) is 57.6 Å². The van der Waals surface area contributed by atoms with Gasteiger partial charge in [-0.15, -0.1) is 0 Å². The van der Waals surface area contributed by atoms with Crippen LogP contribution in [0.15, 0.2) is 18.2 Å². The fourth-order valence-corrected chi connectivity index (χ4v) is 2.42. The predicted octanol–water partition coefficient (Wildman–Crippen LogP) is 2.81. The normalized spacial score (nSPS) is 17.9. The Balaban J connectivity index is 2.13. The summed E-state index contributed by atoms with van der Waals surface area (Å²) >= 11 is 5.77. The van der Waals surface area contributed by atoms with E-state index in [2.05, 4.69) is 0 Å². The highest BCUT2D eigenvalue weighted by atomic mass is 35.5.